The summed E-state index contributed by atoms with van der Waals surface area (Å²) in [6.45, 7) is 1.88. The second kappa shape index (κ2) is 4.49. The smallest absolute Gasteiger partial charge is 0.262 e. The third-order valence-electron chi connectivity index (χ3n) is 4.16. The molecule has 4 heteroatoms. The lowest BCUT2D eigenvalue weighted by molar-refractivity contribution is 0.0963. The zero-order chi connectivity index (χ0) is 15.3. The van der Waals surface area contributed by atoms with Gasteiger partial charge < -0.3 is 10.7 Å². The number of carbonyl (C=O) groups is 1. The molecule has 2 aromatic heterocycles. The van der Waals surface area contributed by atoms with Gasteiger partial charge in [-0.1, -0.05) is 18.2 Å². The Morgan fingerprint density at radius 1 is 1.14 bits per heavy atom. The summed E-state index contributed by atoms with van der Waals surface area (Å²) < 4.78 is 1.69. The number of nitrogens with two attached hydrogens (primary N) is 1. The van der Waals surface area contributed by atoms with Crippen molar-refractivity contribution in [3.05, 3.63) is 66.0 Å². The van der Waals surface area contributed by atoms with Gasteiger partial charge in [-0.25, -0.2) is 0 Å². The number of rotatable bonds is 1. The molecule has 2 aromatic carbocycles. The molecule has 0 amide bonds. The van der Waals surface area contributed by atoms with E-state index in [2.05, 4.69) is 4.98 Å². The summed E-state index contributed by atoms with van der Waals surface area (Å²) in [5, 5.41) is 1.93. The maximum atomic E-state index is 13.0. The highest BCUT2D eigenvalue weighted by Crippen LogP contribution is 2.29. The minimum Gasteiger partial charge on any atom is -0.397 e. The van der Waals surface area contributed by atoms with Crippen LogP contribution in [0.25, 0.3) is 21.8 Å². The molecule has 3 N–H and O–H groups in total. The molecule has 0 saturated carbocycles. The summed E-state index contributed by atoms with van der Waals surface area (Å²) in [7, 11) is 0. The Labute approximate surface area is 127 Å². The Morgan fingerprint density at radius 2 is 1.95 bits per heavy atom. The average molecular weight is 289 g/mol. The molecular formula is C18H15N3O. The van der Waals surface area contributed by atoms with Crippen LogP contribution in [0.4, 0.5) is 5.69 Å². The quantitative estimate of drug-likeness (QED) is 0.561. The van der Waals surface area contributed by atoms with Gasteiger partial charge in [-0.2, -0.15) is 0 Å². The van der Waals surface area contributed by atoms with Gasteiger partial charge in [-0.05, 0) is 37.3 Å². The third kappa shape index (κ3) is 1.67. The lowest BCUT2D eigenvalue weighted by Gasteiger charge is -2.07. The molecule has 22 heavy (non-hydrogen) atoms. The van der Waals surface area contributed by atoms with Gasteiger partial charge in [0.15, 0.2) is 0 Å². The molecule has 0 bridgehead atoms. The van der Waals surface area contributed by atoms with Crippen LogP contribution in [0.1, 0.15) is 16.1 Å². The van der Waals surface area contributed by atoms with Crippen LogP contribution < -0.4 is 5.73 Å². The van der Waals surface area contributed by atoms with E-state index in [0.29, 0.717) is 11.3 Å². The summed E-state index contributed by atoms with van der Waals surface area (Å²) >= 11 is 0. The number of anilines is 1. The average Bonchev–Trinajstić information content (AvgIpc) is 3.10. The summed E-state index contributed by atoms with van der Waals surface area (Å²) in [5.41, 5.74) is 10.1. The Hall–Kier alpha value is -3.01. The topological polar surface area (TPSA) is 63.8 Å². The lowest BCUT2D eigenvalue weighted by Crippen LogP contribution is -2.13. The summed E-state index contributed by atoms with van der Waals surface area (Å²) in [5.74, 6) is -0.0616. The Morgan fingerprint density at radius 3 is 2.82 bits per heavy atom. The van der Waals surface area contributed by atoms with Crippen molar-refractivity contribution in [3.8, 4) is 0 Å². The first kappa shape index (κ1) is 12.7. The number of para-hydroxylation sites is 1. The molecule has 0 fully saturated rings. The Bertz CT molecular complexity index is 1020. The SMILES string of the molecule is Cc1c(N)c2ccccc2n1C(=O)c1ccc2[nH]ccc2c1. The van der Waals surface area contributed by atoms with E-state index in [1.807, 2.05) is 61.7 Å². The highest BCUT2D eigenvalue weighted by Gasteiger charge is 2.18. The van der Waals surface area contributed by atoms with E-state index in [9.17, 15) is 4.79 Å². The normalized spacial score (nSPS) is 11.3. The standard InChI is InChI=1S/C18H15N3O/c1-11-17(19)14-4-2-3-5-16(14)21(11)18(22)13-6-7-15-12(10-13)8-9-20-15/h2-10,20H,19H2,1H3. The van der Waals surface area contributed by atoms with Gasteiger partial charge in [-0.15, -0.1) is 0 Å². The summed E-state index contributed by atoms with van der Waals surface area (Å²) in [4.78, 5) is 16.1. The zero-order valence-corrected chi connectivity index (χ0v) is 12.1. The van der Waals surface area contributed by atoms with E-state index in [0.717, 1.165) is 27.5 Å². The van der Waals surface area contributed by atoms with Gasteiger partial charge in [0.2, 0.25) is 0 Å². The van der Waals surface area contributed by atoms with Crippen LogP contribution in [0.2, 0.25) is 0 Å². The fourth-order valence-corrected chi connectivity index (χ4v) is 2.97. The van der Waals surface area contributed by atoms with Gasteiger partial charge in [0, 0.05) is 33.7 Å². The molecule has 0 radical (unpaired) electrons. The van der Waals surface area contributed by atoms with Gasteiger partial charge in [0.1, 0.15) is 0 Å². The maximum absolute atomic E-state index is 13.0. The molecule has 0 aliphatic carbocycles. The lowest BCUT2D eigenvalue weighted by atomic mass is 10.1. The number of nitrogens with zero attached hydrogens (tertiary/aromatic N) is 1. The number of nitrogens with one attached hydrogen (secondary N) is 1. The van der Waals surface area contributed by atoms with E-state index in [-0.39, 0.29) is 5.91 Å². The summed E-state index contributed by atoms with van der Waals surface area (Å²) in [6.07, 6.45) is 1.87. The monoisotopic (exact) mass is 289 g/mol. The predicted molar refractivity (Wildman–Crippen MR) is 89.1 cm³/mol. The van der Waals surface area contributed by atoms with Gasteiger partial charge >= 0.3 is 0 Å². The van der Waals surface area contributed by atoms with E-state index in [1.165, 1.54) is 0 Å². The molecule has 0 saturated heterocycles. The van der Waals surface area contributed by atoms with Gasteiger partial charge in [0.25, 0.3) is 5.91 Å². The van der Waals surface area contributed by atoms with Crippen molar-refractivity contribution >= 4 is 33.4 Å². The number of carbonyl (C=O) groups excluding carboxylic acids is 1. The largest absolute Gasteiger partial charge is 0.397 e. The Kier molecular flexibility index (Phi) is 2.60. The highest BCUT2D eigenvalue weighted by atomic mass is 16.2. The first-order chi connectivity index (χ1) is 10.7. The molecule has 108 valence electrons. The second-order valence-electron chi connectivity index (χ2n) is 5.44. The van der Waals surface area contributed by atoms with Crippen molar-refractivity contribution < 1.29 is 4.79 Å². The Balaban J connectivity index is 1.94. The van der Waals surface area contributed by atoms with Crippen LogP contribution >= 0.6 is 0 Å². The number of aromatic amines is 1. The number of hydrogen-bond acceptors (Lipinski definition) is 2. The van der Waals surface area contributed by atoms with E-state index >= 15 is 0 Å². The van der Waals surface area contributed by atoms with Crippen LogP contribution in [0, 0.1) is 6.92 Å². The second-order valence-corrected chi connectivity index (χ2v) is 5.44. The first-order valence-corrected chi connectivity index (χ1v) is 7.14. The van der Waals surface area contributed by atoms with Crippen LogP contribution in [-0.2, 0) is 0 Å². The molecular weight excluding hydrogens is 274 g/mol. The van der Waals surface area contributed by atoms with Gasteiger partial charge in [0.05, 0.1) is 11.2 Å². The van der Waals surface area contributed by atoms with E-state index in [1.54, 1.807) is 4.57 Å². The zero-order valence-electron chi connectivity index (χ0n) is 12.1. The van der Waals surface area contributed by atoms with Crippen molar-refractivity contribution in [1.29, 1.82) is 0 Å². The fraction of sp³-hybridized carbons (Fsp3) is 0.0556. The number of H-pyrrole nitrogens is 1. The predicted octanol–water partition coefficient (Wildman–Crippen LogP) is 3.70. The minimum atomic E-state index is -0.0616. The van der Waals surface area contributed by atoms with Crippen molar-refractivity contribution in [1.82, 2.24) is 9.55 Å². The van der Waals surface area contributed by atoms with E-state index < -0.39 is 0 Å². The molecule has 4 rings (SSSR count). The third-order valence-corrected chi connectivity index (χ3v) is 4.16. The maximum Gasteiger partial charge on any atom is 0.262 e. The molecule has 0 aliphatic rings. The molecule has 2 heterocycles. The molecule has 0 atom stereocenters. The molecule has 0 spiro atoms. The van der Waals surface area contributed by atoms with Gasteiger partial charge in [-0.3, -0.25) is 9.36 Å². The van der Waals surface area contributed by atoms with Crippen LogP contribution in [0.15, 0.2) is 54.7 Å². The molecule has 0 unspecified atom stereocenters. The number of nitrogen functional groups attached to an aromatic ring is 1. The first-order valence-electron chi connectivity index (χ1n) is 7.14. The molecule has 4 nitrogen and oxygen atoms in total. The summed E-state index contributed by atoms with van der Waals surface area (Å²) in [6, 6.07) is 15.3. The number of benzene rings is 2. The van der Waals surface area contributed by atoms with E-state index in [4.69, 9.17) is 5.73 Å². The fourth-order valence-electron chi connectivity index (χ4n) is 2.97. The van der Waals surface area contributed by atoms with Crippen molar-refractivity contribution in [2.45, 2.75) is 6.92 Å². The number of aromatic nitrogens is 2. The van der Waals surface area contributed by atoms with Crippen LogP contribution in [0.3, 0.4) is 0 Å². The number of fused-ring (bicyclic) bond motifs is 2. The highest BCUT2D eigenvalue weighted by molar-refractivity contribution is 6.08. The van der Waals surface area contributed by atoms with Crippen molar-refractivity contribution in [2.75, 3.05) is 5.73 Å². The van der Waals surface area contributed by atoms with Crippen LogP contribution in [0.5, 0.6) is 0 Å². The molecule has 0 aliphatic heterocycles. The van der Waals surface area contributed by atoms with Crippen molar-refractivity contribution in [3.63, 3.8) is 0 Å². The van der Waals surface area contributed by atoms with Crippen LogP contribution in [-0.4, -0.2) is 15.5 Å². The number of hydrogen-bond donors (Lipinski definition) is 2. The van der Waals surface area contributed by atoms with Crippen molar-refractivity contribution in [2.24, 2.45) is 0 Å². The minimum absolute atomic E-state index is 0.0616. The molecule has 4 aromatic rings.